The molecule has 1 N–H and O–H groups in total. The van der Waals surface area contributed by atoms with Crippen molar-refractivity contribution in [2.45, 2.75) is 13.0 Å². The Balaban J connectivity index is 1.46. The zero-order valence-corrected chi connectivity index (χ0v) is 17.2. The molecule has 33 heavy (non-hydrogen) atoms. The van der Waals surface area contributed by atoms with Crippen molar-refractivity contribution in [3.8, 4) is 0 Å². The smallest absolute Gasteiger partial charge is 0.338 e. The van der Waals surface area contributed by atoms with Gasteiger partial charge in [-0.05, 0) is 37.3 Å². The Labute approximate surface area is 187 Å². The fourth-order valence-electron chi connectivity index (χ4n) is 3.42. The van der Waals surface area contributed by atoms with Crippen LogP contribution >= 0.6 is 0 Å². The number of carbonyl (C=O) groups excluding carboxylic acids is 4. The highest BCUT2D eigenvalue weighted by Gasteiger charge is 2.29. The Morgan fingerprint density at radius 2 is 1.45 bits per heavy atom. The number of hydrogen-bond donors (Lipinski definition) is 1. The summed E-state index contributed by atoms with van der Waals surface area (Å²) in [5.41, 5.74) is 1.18. The molecule has 1 atom stereocenters. The summed E-state index contributed by atoms with van der Waals surface area (Å²) in [5, 5.41) is 13.3. The van der Waals surface area contributed by atoms with Crippen LogP contribution in [-0.4, -0.2) is 34.5 Å². The summed E-state index contributed by atoms with van der Waals surface area (Å²) in [6.07, 6.45) is -1.19. The monoisotopic (exact) mass is 444 g/mol. The molecule has 0 saturated carbocycles. The number of amides is 1. The zero-order valence-electron chi connectivity index (χ0n) is 17.2. The number of nitrogens with zero attached hydrogens (tertiary/aromatic N) is 1. The summed E-state index contributed by atoms with van der Waals surface area (Å²) in [4.78, 5) is 60.3. The van der Waals surface area contributed by atoms with Gasteiger partial charge in [0.2, 0.25) is 0 Å². The van der Waals surface area contributed by atoms with Crippen LogP contribution in [0.15, 0.2) is 66.7 Å². The molecule has 0 aromatic heterocycles. The first-order valence-corrected chi connectivity index (χ1v) is 9.85. The minimum Gasteiger partial charge on any atom is -0.449 e. The summed E-state index contributed by atoms with van der Waals surface area (Å²) in [6, 6.07) is 15.7. The van der Waals surface area contributed by atoms with E-state index in [2.05, 4.69) is 5.32 Å². The normalized spacial score (nSPS) is 12.9. The summed E-state index contributed by atoms with van der Waals surface area (Å²) in [6.45, 7) is 1.36. The maximum atomic E-state index is 12.8. The molecule has 9 nitrogen and oxygen atoms in total. The van der Waals surface area contributed by atoms with Gasteiger partial charge in [-0.1, -0.05) is 24.3 Å². The molecular formula is C24H16N2O7. The van der Waals surface area contributed by atoms with Gasteiger partial charge in [0.25, 0.3) is 11.6 Å². The highest BCUT2D eigenvalue weighted by atomic mass is 16.6. The SMILES string of the molecule is CC(OC(=O)c1ccc([N+](=O)[O-])cc1)C(=O)Nc1ccc2c(c1)C(=O)c1ccccc1C2=O. The predicted molar refractivity (Wildman–Crippen MR) is 116 cm³/mol. The van der Waals surface area contributed by atoms with Crippen molar-refractivity contribution in [1.29, 1.82) is 0 Å². The molecule has 1 amide bonds. The fourth-order valence-corrected chi connectivity index (χ4v) is 3.42. The Bertz CT molecular complexity index is 1330. The molecule has 0 bridgehead atoms. The van der Waals surface area contributed by atoms with Crippen LogP contribution in [0.1, 0.15) is 49.1 Å². The van der Waals surface area contributed by atoms with E-state index < -0.39 is 22.9 Å². The second kappa shape index (κ2) is 8.46. The molecule has 1 aliphatic carbocycles. The maximum Gasteiger partial charge on any atom is 0.338 e. The number of esters is 1. The maximum absolute atomic E-state index is 12.8. The van der Waals surface area contributed by atoms with Crippen molar-refractivity contribution < 1.29 is 28.8 Å². The summed E-state index contributed by atoms with van der Waals surface area (Å²) in [7, 11) is 0. The van der Waals surface area contributed by atoms with Crippen LogP contribution < -0.4 is 5.32 Å². The summed E-state index contributed by atoms with van der Waals surface area (Å²) in [5.74, 6) is -2.08. The van der Waals surface area contributed by atoms with E-state index in [9.17, 15) is 29.3 Å². The molecule has 1 unspecified atom stereocenters. The number of ketones is 2. The number of rotatable bonds is 5. The van der Waals surface area contributed by atoms with Crippen LogP contribution in [0.25, 0.3) is 0 Å². The largest absolute Gasteiger partial charge is 0.449 e. The van der Waals surface area contributed by atoms with Crippen molar-refractivity contribution in [2.75, 3.05) is 5.32 Å². The molecule has 0 saturated heterocycles. The zero-order chi connectivity index (χ0) is 23.7. The van der Waals surface area contributed by atoms with E-state index in [0.717, 1.165) is 12.1 Å². The van der Waals surface area contributed by atoms with Crippen molar-refractivity contribution >= 4 is 34.8 Å². The Morgan fingerprint density at radius 1 is 0.879 bits per heavy atom. The van der Waals surface area contributed by atoms with Gasteiger partial charge in [0, 0.05) is 40.1 Å². The van der Waals surface area contributed by atoms with Gasteiger partial charge in [0.05, 0.1) is 10.5 Å². The Kier molecular flexibility index (Phi) is 5.53. The first kappa shape index (κ1) is 21.6. The van der Waals surface area contributed by atoms with Gasteiger partial charge in [0.1, 0.15) is 0 Å². The molecule has 0 aliphatic heterocycles. The topological polar surface area (TPSA) is 133 Å². The van der Waals surface area contributed by atoms with Crippen molar-refractivity contribution in [3.63, 3.8) is 0 Å². The third kappa shape index (κ3) is 4.11. The number of ether oxygens (including phenoxy) is 1. The van der Waals surface area contributed by atoms with Crippen molar-refractivity contribution in [1.82, 2.24) is 0 Å². The number of nitro benzene ring substituents is 1. The van der Waals surface area contributed by atoms with Gasteiger partial charge in [-0.2, -0.15) is 0 Å². The molecule has 0 heterocycles. The average Bonchev–Trinajstić information content (AvgIpc) is 2.82. The lowest BCUT2D eigenvalue weighted by molar-refractivity contribution is -0.384. The molecule has 1 aliphatic rings. The van der Waals surface area contributed by atoms with Gasteiger partial charge in [-0.3, -0.25) is 24.5 Å². The van der Waals surface area contributed by atoms with E-state index in [-0.39, 0.29) is 39.6 Å². The molecule has 4 rings (SSSR count). The van der Waals surface area contributed by atoms with Gasteiger partial charge in [-0.25, -0.2) is 4.79 Å². The second-order valence-corrected chi connectivity index (χ2v) is 7.30. The molecule has 0 fully saturated rings. The van der Waals surface area contributed by atoms with E-state index in [0.29, 0.717) is 11.1 Å². The molecule has 3 aromatic carbocycles. The lowest BCUT2D eigenvalue weighted by atomic mass is 9.84. The van der Waals surface area contributed by atoms with E-state index in [1.54, 1.807) is 24.3 Å². The van der Waals surface area contributed by atoms with E-state index >= 15 is 0 Å². The van der Waals surface area contributed by atoms with Crippen LogP contribution in [0, 0.1) is 10.1 Å². The highest BCUT2D eigenvalue weighted by Crippen LogP contribution is 2.29. The second-order valence-electron chi connectivity index (χ2n) is 7.30. The number of nitrogens with one attached hydrogen (secondary N) is 1. The van der Waals surface area contributed by atoms with Crippen molar-refractivity contribution in [3.05, 3.63) is 105 Å². The average molecular weight is 444 g/mol. The predicted octanol–water partition coefficient (Wildman–Crippen LogP) is 3.55. The number of nitro groups is 1. The first-order valence-electron chi connectivity index (χ1n) is 9.85. The van der Waals surface area contributed by atoms with Crippen LogP contribution in [-0.2, 0) is 9.53 Å². The molecule has 9 heteroatoms. The van der Waals surface area contributed by atoms with Crippen LogP contribution in [0.4, 0.5) is 11.4 Å². The molecule has 164 valence electrons. The quantitative estimate of drug-likeness (QED) is 0.283. The first-order chi connectivity index (χ1) is 15.8. The number of carbonyl (C=O) groups is 4. The Morgan fingerprint density at radius 3 is 2.06 bits per heavy atom. The van der Waals surface area contributed by atoms with Crippen LogP contribution in [0.3, 0.4) is 0 Å². The minimum atomic E-state index is -1.19. The highest BCUT2D eigenvalue weighted by molar-refractivity contribution is 6.28. The standard InChI is InChI=1S/C24H16N2O7/c1-13(33-24(30)14-6-9-16(10-7-14)26(31)32)23(29)25-15-8-11-19-20(12-15)22(28)18-5-3-2-4-17(18)21(19)27/h2-13H,1H3,(H,25,29). The third-order valence-electron chi connectivity index (χ3n) is 5.16. The summed E-state index contributed by atoms with van der Waals surface area (Å²) >= 11 is 0. The fraction of sp³-hybridized carbons (Fsp3) is 0.0833. The van der Waals surface area contributed by atoms with Gasteiger partial charge < -0.3 is 10.1 Å². The van der Waals surface area contributed by atoms with Gasteiger partial charge in [0.15, 0.2) is 17.7 Å². The van der Waals surface area contributed by atoms with E-state index in [4.69, 9.17) is 4.74 Å². The molecule has 0 radical (unpaired) electrons. The minimum absolute atomic E-state index is 0.0526. The van der Waals surface area contributed by atoms with Crippen LogP contribution in [0.5, 0.6) is 0 Å². The van der Waals surface area contributed by atoms with E-state index in [1.807, 2.05) is 0 Å². The molecular weight excluding hydrogens is 428 g/mol. The number of hydrogen-bond acceptors (Lipinski definition) is 7. The third-order valence-corrected chi connectivity index (χ3v) is 5.16. The Hall–Kier alpha value is -4.66. The molecule has 3 aromatic rings. The van der Waals surface area contributed by atoms with Gasteiger partial charge >= 0.3 is 5.97 Å². The lowest BCUT2D eigenvalue weighted by Gasteiger charge is -2.19. The number of anilines is 1. The summed E-state index contributed by atoms with van der Waals surface area (Å²) < 4.78 is 5.13. The molecule has 0 spiro atoms. The number of non-ortho nitro benzene ring substituents is 1. The van der Waals surface area contributed by atoms with Crippen molar-refractivity contribution in [2.24, 2.45) is 0 Å². The van der Waals surface area contributed by atoms with Gasteiger partial charge in [-0.15, -0.1) is 0 Å². The van der Waals surface area contributed by atoms with Crippen LogP contribution in [0.2, 0.25) is 0 Å². The number of fused-ring (bicyclic) bond motifs is 2. The number of benzene rings is 3. The lowest BCUT2D eigenvalue weighted by Crippen LogP contribution is -2.30. The van der Waals surface area contributed by atoms with E-state index in [1.165, 1.54) is 37.3 Å².